The quantitative estimate of drug-likeness (QED) is 0.559. The van der Waals surface area contributed by atoms with Crippen molar-refractivity contribution in [3.63, 3.8) is 0 Å². The number of aryl methyl sites for hydroxylation is 1. The standard InChI is InChI=1S/C9H8N6O.C7H12.CH3Cl/c1-15-6-2-3-11-4-5(6)12-9(15)7-8(10)14-16-13-7;1-3-5-7-6-4-2;1-2/h2-4H,1H3,(H2,10,14);3-6H,7H2,1-2H3;1H3/b;5-3-,6-4-;. The Kier molecular flexibility index (Phi) is 8.95. The minimum Gasteiger partial charge on any atom is -0.379 e. The average Bonchev–Trinajstić information content (AvgIpc) is 3.21. The maximum Gasteiger partial charge on any atom is 0.199 e. The predicted molar refractivity (Wildman–Crippen MR) is 102 cm³/mol. The lowest BCUT2D eigenvalue weighted by molar-refractivity contribution is 0.310. The fourth-order valence-corrected chi connectivity index (χ4v) is 1.96. The molecule has 0 bridgehead atoms. The molecule has 0 unspecified atom stereocenters. The summed E-state index contributed by atoms with van der Waals surface area (Å²) in [6.45, 7) is 4.06. The van der Waals surface area contributed by atoms with Crippen molar-refractivity contribution >= 4 is 28.5 Å². The van der Waals surface area contributed by atoms with Gasteiger partial charge in [0.2, 0.25) is 0 Å². The highest BCUT2D eigenvalue weighted by Crippen LogP contribution is 2.24. The van der Waals surface area contributed by atoms with E-state index in [2.05, 4.69) is 60.8 Å². The van der Waals surface area contributed by atoms with Gasteiger partial charge in [0.15, 0.2) is 17.3 Å². The molecular formula is C17H23ClN6O. The Labute approximate surface area is 152 Å². The number of nitrogens with two attached hydrogens (primary N) is 1. The van der Waals surface area contributed by atoms with E-state index in [1.165, 1.54) is 6.38 Å². The molecule has 0 amide bonds. The largest absolute Gasteiger partial charge is 0.379 e. The number of nitrogens with zero attached hydrogens (tertiary/aromatic N) is 5. The van der Waals surface area contributed by atoms with Crippen molar-refractivity contribution < 1.29 is 4.63 Å². The number of rotatable bonds is 3. The summed E-state index contributed by atoms with van der Waals surface area (Å²) in [7, 11) is 1.87. The molecular weight excluding hydrogens is 340 g/mol. The van der Waals surface area contributed by atoms with Crippen LogP contribution in [0, 0.1) is 0 Å². The Morgan fingerprint density at radius 2 is 1.88 bits per heavy atom. The number of fused-ring (bicyclic) bond motifs is 1. The molecule has 134 valence electrons. The van der Waals surface area contributed by atoms with Gasteiger partial charge in [-0.1, -0.05) is 24.3 Å². The van der Waals surface area contributed by atoms with E-state index >= 15 is 0 Å². The van der Waals surface area contributed by atoms with E-state index in [4.69, 9.17) is 5.73 Å². The molecule has 0 aliphatic rings. The Balaban J connectivity index is 0.000000297. The molecule has 3 aromatic heterocycles. The normalized spacial score (nSPS) is 10.6. The van der Waals surface area contributed by atoms with E-state index in [1.54, 1.807) is 12.4 Å². The molecule has 0 atom stereocenters. The fraction of sp³-hybridized carbons (Fsp3) is 0.294. The molecule has 0 aliphatic carbocycles. The summed E-state index contributed by atoms with van der Waals surface area (Å²) in [6, 6.07) is 1.87. The van der Waals surface area contributed by atoms with Crippen LogP contribution in [0.3, 0.4) is 0 Å². The molecule has 3 rings (SSSR count). The number of nitrogen functional groups attached to an aromatic ring is 1. The van der Waals surface area contributed by atoms with Gasteiger partial charge in [-0.05, 0) is 36.6 Å². The number of hydrogen-bond acceptors (Lipinski definition) is 6. The van der Waals surface area contributed by atoms with Gasteiger partial charge in [0, 0.05) is 19.6 Å². The minimum atomic E-state index is 0.228. The molecule has 0 aromatic carbocycles. The molecule has 0 aliphatic heterocycles. The lowest BCUT2D eigenvalue weighted by atomic mass is 10.3. The summed E-state index contributed by atoms with van der Waals surface area (Å²) >= 11 is 4.64. The molecule has 3 aromatic rings. The number of hydrogen-bond donors (Lipinski definition) is 1. The van der Waals surface area contributed by atoms with Crippen molar-refractivity contribution in [2.45, 2.75) is 20.3 Å². The lowest BCUT2D eigenvalue weighted by Gasteiger charge is -1.97. The van der Waals surface area contributed by atoms with Gasteiger partial charge < -0.3 is 10.3 Å². The van der Waals surface area contributed by atoms with Crippen molar-refractivity contribution in [2.24, 2.45) is 7.05 Å². The first-order valence-corrected chi connectivity index (χ1v) is 8.39. The van der Waals surface area contributed by atoms with Gasteiger partial charge in [0.05, 0.1) is 11.7 Å². The van der Waals surface area contributed by atoms with Crippen LogP contribution in [0.2, 0.25) is 0 Å². The average molecular weight is 363 g/mol. The predicted octanol–water partition coefficient (Wildman–Crippen LogP) is 3.98. The fourth-order valence-electron chi connectivity index (χ4n) is 1.96. The van der Waals surface area contributed by atoms with Crippen molar-refractivity contribution in [1.82, 2.24) is 24.8 Å². The molecule has 8 heteroatoms. The van der Waals surface area contributed by atoms with E-state index in [0.717, 1.165) is 17.5 Å². The molecule has 0 saturated carbocycles. The number of aromatic nitrogens is 5. The van der Waals surface area contributed by atoms with E-state index < -0.39 is 0 Å². The van der Waals surface area contributed by atoms with Crippen LogP contribution >= 0.6 is 11.6 Å². The molecule has 0 fully saturated rings. The van der Waals surface area contributed by atoms with Gasteiger partial charge >= 0.3 is 0 Å². The van der Waals surface area contributed by atoms with Crippen molar-refractivity contribution in [3.8, 4) is 11.5 Å². The van der Waals surface area contributed by atoms with E-state index in [0.29, 0.717) is 11.5 Å². The van der Waals surface area contributed by atoms with Crippen LogP contribution < -0.4 is 5.73 Å². The van der Waals surface area contributed by atoms with Crippen LogP contribution in [0.5, 0.6) is 0 Å². The van der Waals surface area contributed by atoms with Crippen LogP contribution in [0.4, 0.5) is 5.82 Å². The third kappa shape index (κ3) is 5.42. The maximum atomic E-state index is 5.63. The van der Waals surface area contributed by atoms with Crippen LogP contribution in [0.1, 0.15) is 20.3 Å². The molecule has 0 spiro atoms. The summed E-state index contributed by atoms with van der Waals surface area (Å²) in [5.41, 5.74) is 7.80. The summed E-state index contributed by atoms with van der Waals surface area (Å²) < 4.78 is 6.42. The first-order valence-electron chi connectivity index (χ1n) is 7.64. The van der Waals surface area contributed by atoms with Crippen molar-refractivity contribution in [3.05, 3.63) is 42.8 Å². The van der Waals surface area contributed by atoms with Crippen LogP contribution in [-0.4, -0.2) is 31.2 Å². The highest BCUT2D eigenvalue weighted by molar-refractivity contribution is 6.15. The van der Waals surface area contributed by atoms with E-state index in [-0.39, 0.29) is 5.82 Å². The van der Waals surface area contributed by atoms with Crippen LogP contribution in [0.15, 0.2) is 47.4 Å². The first-order chi connectivity index (χ1) is 12.2. The minimum absolute atomic E-state index is 0.228. The number of halogens is 1. The lowest BCUT2D eigenvalue weighted by Crippen LogP contribution is -1.96. The third-order valence-electron chi connectivity index (χ3n) is 3.15. The zero-order valence-electron chi connectivity index (χ0n) is 14.8. The Morgan fingerprint density at radius 1 is 1.20 bits per heavy atom. The van der Waals surface area contributed by atoms with Crippen molar-refractivity contribution in [2.75, 3.05) is 12.1 Å². The first kappa shape index (κ1) is 20.4. The molecule has 0 saturated heterocycles. The number of imidazole rings is 1. The number of alkyl halides is 1. The molecule has 3 heterocycles. The van der Waals surface area contributed by atoms with E-state index in [1.807, 2.05) is 31.5 Å². The summed E-state index contributed by atoms with van der Waals surface area (Å²) in [5.74, 6) is 0.841. The highest BCUT2D eigenvalue weighted by Gasteiger charge is 2.16. The van der Waals surface area contributed by atoms with Gasteiger partial charge in [-0.25, -0.2) is 9.61 Å². The Bertz CT molecular complexity index is 812. The molecule has 2 N–H and O–H groups in total. The summed E-state index contributed by atoms with van der Waals surface area (Å²) in [5, 5.41) is 7.25. The number of anilines is 1. The van der Waals surface area contributed by atoms with Crippen LogP contribution in [0.25, 0.3) is 22.6 Å². The topological polar surface area (TPSA) is 95.7 Å². The Hall–Kier alpha value is -2.67. The molecule has 25 heavy (non-hydrogen) atoms. The zero-order chi connectivity index (χ0) is 18.7. The van der Waals surface area contributed by atoms with Gasteiger partial charge in [-0.3, -0.25) is 4.98 Å². The van der Waals surface area contributed by atoms with Gasteiger partial charge in [0.25, 0.3) is 0 Å². The summed E-state index contributed by atoms with van der Waals surface area (Å²) in [6.07, 6.45) is 14.3. The molecule has 0 radical (unpaired) electrons. The smallest absolute Gasteiger partial charge is 0.199 e. The second-order valence-electron chi connectivity index (χ2n) is 4.73. The second kappa shape index (κ2) is 11.0. The van der Waals surface area contributed by atoms with Gasteiger partial charge in [-0.2, -0.15) is 0 Å². The summed E-state index contributed by atoms with van der Waals surface area (Å²) in [4.78, 5) is 8.38. The van der Waals surface area contributed by atoms with Crippen LogP contribution in [-0.2, 0) is 7.05 Å². The zero-order valence-corrected chi connectivity index (χ0v) is 15.6. The Morgan fingerprint density at radius 3 is 2.40 bits per heavy atom. The SMILES string of the molecule is C/C=C\C/C=C\C.CCl.Cn1c(-c2nonc2N)nc2cnccc21. The monoisotopic (exact) mass is 362 g/mol. The second-order valence-corrected chi connectivity index (χ2v) is 4.73. The van der Waals surface area contributed by atoms with Gasteiger partial charge in [-0.15, -0.1) is 11.6 Å². The molecule has 7 nitrogen and oxygen atoms in total. The number of pyridine rings is 1. The van der Waals surface area contributed by atoms with Crippen molar-refractivity contribution in [1.29, 1.82) is 0 Å². The van der Waals surface area contributed by atoms with E-state index in [9.17, 15) is 0 Å². The van der Waals surface area contributed by atoms with Gasteiger partial charge in [0.1, 0.15) is 5.52 Å². The highest BCUT2D eigenvalue weighted by atomic mass is 35.5. The third-order valence-corrected chi connectivity index (χ3v) is 3.15. The number of allylic oxidation sites excluding steroid dienone is 4. The maximum absolute atomic E-state index is 5.63.